The average molecular weight is 384 g/mol. The van der Waals surface area contributed by atoms with E-state index in [0.717, 1.165) is 4.90 Å². The summed E-state index contributed by atoms with van der Waals surface area (Å²) in [4.78, 5) is 25.3. The van der Waals surface area contributed by atoms with Gasteiger partial charge in [-0.05, 0) is 45.9 Å². The van der Waals surface area contributed by atoms with E-state index >= 15 is 0 Å². The molecule has 0 heterocycles. The van der Waals surface area contributed by atoms with Crippen LogP contribution in [-0.2, 0) is 21.9 Å². The molecule has 26 heavy (non-hydrogen) atoms. The van der Waals surface area contributed by atoms with E-state index < -0.39 is 46.5 Å². The lowest BCUT2D eigenvalue weighted by Gasteiger charge is -2.34. The van der Waals surface area contributed by atoms with E-state index in [1.807, 2.05) is 5.32 Å². The highest BCUT2D eigenvalue weighted by molar-refractivity contribution is 6.39. The normalized spacial score (nSPS) is 12.7. The minimum absolute atomic E-state index is 0.0645. The number of hydrogen-bond acceptors (Lipinski definition) is 2. The van der Waals surface area contributed by atoms with Crippen molar-refractivity contribution >= 4 is 17.5 Å². The van der Waals surface area contributed by atoms with Gasteiger partial charge in [0.2, 0.25) is 0 Å². The fraction of sp³-hybridized carbons (Fsp3) is 0.500. The van der Waals surface area contributed by atoms with Crippen LogP contribution in [0.1, 0.15) is 38.8 Å². The molecule has 2 amide bonds. The highest BCUT2D eigenvalue weighted by Crippen LogP contribution is 2.37. The number of carbonyl (C=O) groups is 2. The molecule has 1 rings (SSSR count). The summed E-state index contributed by atoms with van der Waals surface area (Å²) in [7, 11) is 0. The topological polar surface area (TPSA) is 49.4 Å². The molecule has 146 valence electrons. The van der Waals surface area contributed by atoms with Crippen LogP contribution in [0, 0.1) is 0 Å². The number of benzene rings is 1. The van der Waals surface area contributed by atoms with Gasteiger partial charge in [0.05, 0.1) is 11.1 Å². The molecule has 0 bridgehead atoms. The van der Waals surface area contributed by atoms with Crippen LogP contribution in [0.4, 0.5) is 32.0 Å². The van der Waals surface area contributed by atoms with E-state index in [1.165, 1.54) is 0 Å². The summed E-state index contributed by atoms with van der Waals surface area (Å²) in [5.41, 5.74) is -4.69. The molecule has 0 saturated carbocycles. The minimum atomic E-state index is -5.05. The van der Waals surface area contributed by atoms with Gasteiger partial charge >= 0.3 is 24.2 Å². The van der Waals surface area contributed by atoms with Gasteiger partial charge in [0.1, 0.15) is 0 Å². The first kappa shape index (κ1) is 21.8. The number of anilines is 1. The Hall–Kier alpha value is -2.26. The molecule has 0 atom stereocenters. The van der Waals surface area contributed by atoms with Crippen LogP contribution in [0.3, 0.4) is 0 Å². The number of likely N-dealkylation sites (N-methyl/N-ethyl adjacent to an activating group) is 1. The molecular formula is C16H18F6N2O2. The SMILES string of the molecule is CCN(C(=O)C(=O)Nc1cc(C(F)(F)F)cc(C(F)(F)F)c1)C(C)(C)C. The molecule has 1 N–H and O–H groups in total. The predicted molar refractivity (Wildman–Crippen MR) is 82.2 cm³/mol. The summed E-state index contributed by atoms with van der Waals surface area (Å²) >= 11 is 0. The van der Waals surface area contributed by atoms with E-state index in [1.54, 1.807) is 27.7 Å². The first-order chi connectivity index (χ1) is 11.6. The number of alkyl halides is 6. The Balaban J connectivity index is 3.23. The molecule has 0 spiro atoms. The van der Waals surface area contributed by atoms with Crippen molar-refractivity contribution in [2.75, 3.05) is 11.9 Å². The lowest BCUT2D eigenvalue weighted by molar-refractivity contribution is -0.146. The van der Waals surface area contributed by atoms with Crippen molar-refractivity contribution in [1.29, 1.82) is 0 Å². The van der Waals surface area contributed by atoms with Crippen molar-refractivity contribution in [2.45, 2.75) is 45.6 Å². The molecule has 0 aromatic heterocycles. The Bertz CT molecular complexity index is 657. The van der Waals surface area contributed by atoms with E-state index in [0.29, 0.717) is 12.1 Å². The van der Waals surface area contributed by atoms with Crippen molar-refractivity contribution in [3.63, 3.8) is 0 Å². The van der Waals surface area contributed by atoms with E-state index in [-0.39, 0.29) is 12.6 Å². The first-order valence-corrected chi connectivity index (χ1v) is 7.49. The van der Waals surface area contributed by atoms with Crippen LogP contribution in [-0.4, -0.2) is 28.8 Å². The number of rotatable bonds is 2. The van der Waals surface area contributed by atoms with Crippen molar-refractivity contribution in [3.8, 4) is 0 Å². The average Bonchev–Trinajstić information content (AvgIpc) is 2.44. The second kappa shape index (κ2) is 7.16. The van der Waals surface area contributed by atoms with Gasteiger partial charge in [-0.25, -0.2) is 0 Å². The quantitative estimate of drug-likeness (QED) is 0.610. The summed E-state index contributed by atoms with van der Waals surface area (Å²) in [6, 6.07) is 0.618. The maximum Gasteiger partial charge on any atom is 0.416 e. The summed E-state index contributed by atoms with van der Waals surface area (Å²) in [5.74, 6) is -2.39. The molecule has 0 radical (unpaired) electrons. The Morgan fingerprint density at radius 3 is 1.65 bits per heavy atom. The van der Waals surface area contributed by atoms with Gasteiger partial charge in [-0.1, -0.05) is 0 Å². The third kappa shape index (κ3) is 5.37. The molecule has 0 fully saturated rings. The van der Waals surface area contributed by atoms with Crippen LogP contribution in [0.15, 0.2) is 18.2 Å². The van der Waals surface area contributed by atoms with Gasteiger partial charge in [0.25, 0.3) is 0 Å². The standard InChI is InChI=1S/C16H18F6N2O2/c1-5-24(14(2,3)4)13(26)12(25)23-11-7-9(15(17,18)19)6-10(8-11)16(20,21)22/h6-8H,5H2,1-4H3,(H,23,25). The minimum Gasteiger partial charge on any atom is -0.330 e. The van der Waals surface area contributed by atoms with E-state index in [9.17, 15) is 35.9 Å². The molecule has 1 aromatic rings. The zero-order valence-electron chi connectivity index (χ0n) is 14.5. The maximum absolute atomic E-state index is 12.8. The zero-order chi connectivity index (χ0) is 20.5. The molecule has 10 heteroatoms. The van der Waals surface area contributed by atoms with Crippen LogP contribution in [0.5, 0.6) is 0 Å². The Kier molecular flexibility index (Phi) is 6.00. The van der Waals surface area contributed by atoms with Crippen molar-refractivity contribution in [1.82, 2.24) is 4.90 Å². The van der Waals surface area contributed by atoms with Gasteiger partial charge in [-0.3, -0.25) is 9.59 Å². The predicted octanol–water partition coefficient (Wildman–Crippen LogP) is 4.31. The molecule has 4 nitrogen and oxygen atoms in total. The van der Waals surface area contributed by atoms with Crippen molar-refractivity contribution < 1.29 is 35.9 Å². The fourth-order valence-corrected chi connectivity index (χ4v) is 2.26. The molecule has 1 aromatic carbocycles. The molecule has 0 saturated heterocycles. The van der Waals surface area contributed by atoms with Crippen LogP contribution < -0.4 is 5.32 Å². The molecule has 0 aliphatic heterocycles. The highest BCUT2D eigenvalue weighted by atomic mass is 19.4. The number of nitrogens with zero attached hydrogens (tertiary/aromatic N) is 1. The van der Waals surface area contributed by atoms with Gasteiger partial charge in [0, 0.05) is 17.8 Å². The fourth-order valence-electron chi connectivity index (χ4n) is 2.26. The largest absolute Gasteiger partial charge is 0.416 e. The molecule has 0 aliphatic carbocycles. The second-order valence-corrected chi connectivity index (χ2v) is 6.47. The smallest absolute Gasteiger partial charge is 0.330 e. The van der Waals surface area contributed by atoms with Gasteiger partial charge in [0.15, 0.2) is 0 Å². The summed E-state index contributed by atoms with van der Waals surface area (Å²) in [6.45, 7) is 6.61. The number of halogens is 6. The molecular weight excluding hydrogens is 366 g/mol. The number of nitrogens with one attached hydrogen (secondary N) is 1. The lowest BCUT2D eigenvalue weighted by Crippen LogP contribution is -2.49. The number of amides is 2. The summed E-state index contributed by atoms with van der Waals surface area (Å²) in [5, 5.41) is 1.82. The number of carbonyl (C=O) groups excluding carboxylic acids is 2. The monoisotopic (exact) mass is 384 g/mol. The maximum atomic E-state index is 12.8. The second-order valence-electron chi connectivity index (χ2n) is 6.47. The summed E-state index contributed by atoms with van der Waals surface area (Å²) in [6.07, 6.45) is -10.1. The zero-order valence-corrected chi connectivity index (χ0v) is 14.5. The van der Waals surface area contributed by atoms with E-state index in [4.69, 9.17) is 0 Å². The Morgan fingerprint density at radius 1 is 0.923 bits per heavy atom. The van der Waals surface area contributed by atoms with E-state index in [2.05, 4.69) is 0 Å². The van der Waals surface area contributed by atoms with Gasteiger partial charge < -0.3 is 10.2 Å². The number of hydrogen-bond donors (Lipinski definition) is 1. The Morgan fingerprint density at radius 2 is 1.35 bits per heavy atom. The van der Waals surface area contributed by atoms with Gasteiger partial charge in [-0.2, -0.15) is 26.3 Å². The third-order valence-electron chi connectivity index (χ3n) is 3.41. The summed E-state index contributed by atoms with van der Waals surface area (Å²) < 4.78 is 76.9. The van der Waals surface area contributed by atoms with Crippen molar-refractivity contribution in [3.05, 3.63) is 29.3 Å². The third-order valence-corrected chi connectivity index (χ3v) is 3.41. The molecule has 0 unspecified atom stereocenters. The van der Waals surface area contributed by atoms with Crippen LogP contribution >= 0.6 is 0 Å². The van der Waals surface area contributed by atoms with Crippen LogP contribution in [0.25, 0.3) is 0 Å². The Labute approximate surface area is 146 Å². The first-order valence-electron chi connectivity index (χ1n) is 7.49. The lowest BCUT2D eigenvalue weighted by atomic mass is 10.1. The highest BCUT2D eigenvalue weighted by Gasteiger charge is 2.37. The van der Waals surface area contributed by atoms with Crippen LogP contribution in [0.2, 0.25) is 0 Å². The van der Waals surface area contributed by atoms with Crippen molar-refractivity contribution in [2.24, 2.45) is 0 Å². The van der Waals surface area contributed by atoms with Gasteiger partial charge in [-0.15, -0.1) is 0 Å². The molecule has 0 aliphatic rings.